The van der Waals surface area contributed by atoms with E-state index in [0.29, 0.717) is 5.92 Å². The van der Waals surface area contributed by atoms with Crippen molar-refractivity contribution in [3.63, 3.8) is 0 Å². The van der Waals surface area contributed by atoms with Crippen LogP contribution in [-0.4, -0.2) is 15.2 Å². The van der Waals surface area contributed by atoms with Crippen molar-refractivity contribution in [3.8, 4) is 0 Å². The van der Waals surface area contributed by atoms with Crippen LogP contribution in [0.4, 0.5) is 0 Å². The minimum Gasteiger partial charge on any atom is -0.263 e. The number of H-pyrrole nitrogens is 1. The Morgan fingerprint density at radius 2 is 1.75 bits per heavy atom. The monoisotopic (exact) mass is 223 g/mol. The van der Waals surface area contributed by atoms with Gasteiger partial charge in [-0.05, 0) is 6.42 Å². The van der Waals surface area contributed by atoms with E-state index in [-0.39, 0.29) is 0 Å². The Labute approximate surface area is 99.1 Å². The molecule has 0 fully saturated rings. The lowest BCUT2D eigenvalue weighted by Gasteiger charge is -1.98. The number of rotatable bonds is 8. The van der Waals surface area contributed by atoms with E-state index in [0.717, 1.165) is 18.1 Å². The molecule has 1 aromatic rings. The van der Waals surface area contributed by atoms with Gasteiger partial charge in [-0.2, -0.15) is 5.10 Å². The summed E-state index contributed by atoms with van der Waals surface area (Å²) in [5.74, 6) is 2.43. The maximum absolute atomic E-state index is 4.48. The number of aryl methyl sites for hydroxylation is 1. The van der Waals surface area contributed by atoms with E-state index in [2.05, 4.69) is 36.0 Å². The van der Waals surface area contributed by atoms with E-state index < -0.39 is 0 Å². The van der Waals surface area contributed by atoms with Crippen LogP contribution in [0.2, 0.25) is 0 Å². The van der Waals surface area contributed by atoms with E-state index in [1.165, 1.54) is 38.5 Å². The minimum atomic E-state index is 0.426. The number of aromatic nitrogens is 3. The Morgan fingerprint density at radius 3 is 2.38 bits per heavy atom. The van der Waals surface area contributed by atoms with Crippen LogP contribution in [0.1, 0.15) is 76.9 Å². The lowest BCUT2D eigenvalue weighted by Crippen LogP contribution is -1.91. The predicted molar refractivity (Wildman–Crippen MR) is 67.6 cm³/mol. The zero-order chi connectivity index (χ0) is 11.8. The van der Waals surface area contributed by atoms with Gasteiger partial charge in [0.25, 0.3) is 0 Å². The Kier molecular flexibility index (Phi) is 6.12. The maximum Gasteiger partial charge on any atom is 0.153 e. The third-order valence-electron chi connectivity index (χ3n) is 2.83. The van der Waals surface area contributed by atoms with Crippen LogP contribution in [-0.2, 0) is 6.42 Å². The molecule has 0 bridgehead atoms. The molecule has 92 valence electrons. The molecule has 1 rings (SSSR count). The standard InChI is InChI=1S/C13H25N3/c1-4-5-6-7-8-9-10-12-14-13(11(2)3)16-15-12/h11H,4-10H2,1-3H3,(H,14,15,16). The Morgan fingerprint density at radius 1 is 1.06 bits per heavy atom. The largest absolute Gasteiger partial charge is 0.263 e. The number of nitrogens with one attached hydrogen (secondary N) is 1. The number of hydrogen-bond acceptors (Lipinski definition) is 2. The molecule has 0 aliphatic carbocycles. The molecule has 3 nitrogen and oxygen atoms in total. The normalized spacial score (nSPS) is 11.2. The Balaban J connectivity index is 2.12. The summed E-state index contributed by atoms with van der Waals surface area (Å²) in [5, 5.41) is 7.24. The molecular weight excluding hydrogens is 198 g/mol. The SMILES string of the molecule is CCCCCCCCc1nc(C(C)C)n[nH]1. The fraction of sp³-hybridized carbons (Fsp3) is 0.846. The summed E-state index contributed by atoms with van der Waals surface area (Å²) in [4.78, 5) is 4.48. The molecule has 1 aromatic heterocycles. The fourth-order valence-electron chi connectivity index (χ4n) is 1.75. The molecule has 0 saturated heterocycles. The van der Waals surface area contributed by atoms with Crippen molar-refractivity contribution in [2.75, 3.05) is 0 Å². The summed E-state index contributed by atoms with van der Waals surface area (Å²) in [6.07, 6.45) is 9.03. The second-order valence-corrected chi connectivity index (χ2v) is 4.81. The van der Waals surface area contributed by atoms with Crippen LogP contribution in [0.3, 0.4) is 0 Å². The van der Waals surface area contributed by atoms with Gasteiger partial charge in [0.2, 0.25) is 0 Å². The average Bonchev–Trinajstić information content (AvgIpc) is 2.72. The molecule has 1 heterocycles. The van der Waals surface area contributed by atoms with E-state index in [4.69, 9.17) is 0 Å². The molecule has 1 N–H and O–H groups in total. The summed E-state index contributed by atoms with van der Waals surface area (Å²) in [6, 6.07) is 0. The van der Waals surface area contributed by atoms with Crippen LogP contribution in [0.15, 0.2) is 0 Å². The Bertz CT molecular complexity index is 278. The number of hydrogen-bond donors (Lipinski definition) is 1. The highest BCUT2D eigenvalue weighted by molar-refractivity contribution is 4.94. The quantitative estimate of drug-likeness (QED) is 0.680. The zero-order valence-electron chi connectivity index (χ0n) is 10.9. The summed E-state index contributed by atoms with van der Waals surface area (Å²) in [7, 11) is 0. The average molecular weight is 223 g/mol. The van der Waals surface area contributed by atoms with Crippen molar-refractivity contribution in [2.45, 2.75) is 71.6 Å². The number of aromatic amines is 1. The van der Waals surface area contributed by atoms with Gasteiger partial charge in [-0.15, -0.1) is 0 Å². The molecular formula is C13H25N3. The second kappa shape index (κ2) is 7.42. The highest BCUT2D eigenvalue weighted by Gasteiger charge is 2.06. The number of nitrogens with zero attached hydrogens (tertiary/aromatic N) is 2. The van der Waals surface area contributed by atoms with Gasteiger partial charge in [0.15, 0.2) is 5.82 Å². The fourth-order valence-corrected chi connectivity index (χ4v) is 1.75. The first kappa shape index (κ1) is 13.2. The van der Waals surface area contributed by atoms with E-state index in [1.54, 1.807) is 0 Å². The molecule has 0 saturated carbocycles. The van der Waals surface area contributed by atoms with Crippen molar-refractivity contribution in [1.29, 1.82) is 0 Å². The summed E-state index contributed by atoms with van der Waals surface area (Å²) in [6.45, 7) is 6.50. The van der Waals surface area contributed by atoms with E-state index in [9.17, 15) is 0 Å². The topological polar surface area (TPSA) is 41.6 Å². The molecule has 16 heavy (non-hydrogen) atoms. The van der Waals surface area contributed by atoms with Crippen LogP contribution in [0, 0.1) is 0 Å². The summed E-state index contributed by atoms with van der Waals surface area (Å²) >= 11 is 0. The third kappa shape index (κ3) is 4.77. The van der Waals surface area contributed by atoms with Gasteiger partial charge in [-0.3, -0.25) is 5.10 Å². The third-order valence-corrected chi connectivity index (χ3v) is 2.83. The van der Waals surface area contributed by atoms with Crippen LogP contribution in [0.25, 0.3) is 0 Å². The highest BCUT2D eigenvalue weighted by Crippen LogP contribution is 2.10. The second-order valence-electron chi connectivity index (χ2n) is 4.81. The van der Waals surface area contributed by atoms with Crippen molar-refractivity contribution >= 4 is 0 Å². The first-order valence-electron chi connectivity index (χ1n) is 6.65. The van der Waals surface area contributed by atoms with Crippen LogP contribution in [0.5, 0.6) is 0 Å². The molecule has 0 spiro atoms. The molecule has 3 heteroatoms. The molecule has 0 aliphatic rings. The van der Waals surface area contributed by atoms with Gasteiger partial charge in [-0.1, -0.05) is 52.9 Å². The van der Waals surface area contributed by atoms with Gasteiger partial charge in [-0.25, -0.2) is 4.98 Å². The lowest BCUT2D eigenvalue weighted by molar-refractivity contribution is 0.601. The van der Waals surface area contributed by atoms with E-state index >= 15 is 0 Å². The lowest BCUT2D eigenvalue weighted by atomic mass is 10.1. The van der Waals surface area contributed by atoms with Crippen molar-refractivity contribution in [1.82, 2.24) is 15.2 Å². The van der Waals surface area contributed by atoms with Crippen molar-refractivity contribution < 1.29 is 0 Å². The van der Waals surface area contributed by atoms with Gasteiger partial charge in [0.05, 0.1) is 0 Å². The first-order valence-corrected chi connectivity index (χ1v) is 6.65. The summed E-state index contributed by atoms with van der Waals surface area (Å²) < 4.78 is 0. The molecule has 0 radical (unpaired) electrons. The van der Waals surface area contributed by atoms with Crippen LogP contribution >= 0.6 is 0 Å². The minimum absolute atomic E-state index is 0.426. The predicted octanol–water partition coefficient (Wildman–Crippen LogP) is 3.83. The Hall–Kier alpha value is -0.860. The van der Waals surface area contributed by atoms with Gasteiger partial charge in [0, 0.05) is 12.3 Å². The molecule has 0 aliphatic heterocycles. The van der Waals surface area contributed by atoms with Gasteiger partial charge in [0.1, 0.15) is 5.82 Å². The molecule has 0 unspecified atom stereocenters. The van der Waals surface area contributed by atoms with Crippen molar-refractivity contribution in [3.05, 3.63) is 11.6 Å². The molecule has 0 amide bonds. The van der Waals surface area contributed by atoms with Crippen molar-refractivity contribution in [2.24, 2.45) is 0 Å². The molecule has 0 atom stereocenters. The number of unbranched alkanes of at least 4 members (excludes halogenated alkanes) is 5. The summed E-state index contributed by atoms with van der Waals surface area (Å²) in [5.41, 5.74) is 0. The van der Waals surface area contributed by atoms with Crippen LogP contribution < -0.4 is 0 Å². The smallest absolute Gasteiger partial charge is 0.153 e. The maximum atomic E-state index is 4.48. The highest BCUT2D eigenvalue weighted by atomic mass is 15.2. The molecule has 0 aromatic carbocycles. The van der Waals surface area contributed by atoms with Gasteiger partial charge < -0.3 is 0 Å². The zero-order valence-corrected chi connectivity index (χ0v) is 10.9. The first-order chi connectivity index (χ1) is 7.74. The van der Waals surface area contributed by atoms with Gasteiger partial charge >= 0.3 is 0 Å². The van der Waals surface area contributed by atoms with E-state index in [1.807, 2.05) is 0 Å².